The highest BCUT2D eigenvalue weighted by Gasteiger charge is 2.31. The molecule has 1 amide bonds. The van der Waals surface area contributed by atoms with Gasteiger partial charge in [-0.3, -0.25) is 9.69 Å². The van der Waals surface area contributed by atoms with E-state index in [1.165, 1.54) is 18.4 Å². The topological polar surface area (TPSA) is 69.7 Å². The fourth-order valence-corrected chi connectivity index (χ4v) is 4.60. The quantitative estimate of drug-likeness (QED) is 0.775. The second-order valence-electron chi connectivity index (χ2n) is 8.00. The molecule has 1 aliphatic heterocycles. The molecule has 1 aromatic carbocycles. The van der Waals surface area contributed by atoms with Crippen molar-refractivity contribution in [3.63, 3.8) is 0 Å². The number of nitrogens with zero attached hydrogens (tertiary/aromatic N) is 2. The fraction of sp³-hybridized carbons (Fsp3) is 0.650. The number of piperazine rings is 1. The van der Waals surface area contributed by atoms with Crippen molar-refractivity contribution in [1.29, 1.82) is 0 Å². The molecule has 1 N–H and O–H groups in total. The molecule has 0 unspecified atom stereocenters. The normalized spacial score (nSPS) is 24.1. The molecule has 156 valence electrons. The predicted octanol–water partition coefficient (Wildman–Crippen LogP) is 1.99. The van der Waals surface area contributed by atoms with Crippen LogP contribution in [0.2, 0.25) is 0 Å². The molecule has 8 heteroatoms. The molecule has 0 bridgehead atoms. The molecule has 2 fully saturated rings. The highest BCUT2D eigenvalue weighted by molar-refractivity contribution is 7.90. The first-order valence-electron chi connectivity index (χ1n) is 10.0. The number of amides is 1. The summed E-state index contributed by atoms with van der Waals surface area (Å²) in [6.45, 7) is 3.37. The molecule has 1 heterocycles. The molecule has 1 aromatic rings. The Labute approximate surface area is 167 Å². The van der Waals surface area contributed by atoms with Gasteiger partial charge < -0.3 is 10.2 Å². The van der Waals surface area contributed by atoms with Crippen LogP contribution in [0.5, 0.6) is 0 Å². The SMILES string of the molecule is CS(=O)(=O)CCN1CCN(C(=O)[C@H]2CC[C@H](Nc3ccc(F)cc3)CC2)CC1. The van der Waals surface area contributed by atoms with E-state index < -0.39 is 9.84 Å². The van der Waals surface area contributed by atoms with Crippen molar-refractivity contribution in [1.82, 2.24) is 9.80 Å². The smallest absolute Gasteiger partial charge is 0.225 e. The summed E-state index contributed by atoms with van der Waals surface area (Å²) in [7, 11) is -2.95. The molecule has 1 saturated carbocycles. The zero-order valence-corrected chi connectivity index (χ0v) is 17.3. The van der Waals surface area contributed by atoms with Crippen molar-refractivity contribution in [2.45, 2.75) is 31.7 Å². The number of carbonyl (C=O) groups excluding carboxylic acids is 1. The minimum absolute atomic E-state index is 0.0776. The zero-order valence-electron chi connectivity index (χ0n) is 16.4. The molecule has 1 aliphatic carbocycles. The van der Waals surface area contributed by atoms with Gasteiger partial charge in [0.25, 0.3) is 0 Å². The molecule has 0 radical (unpaired) electrons. The first-order chi connectivity index (χ1) is 13.3. The van der Waals surface area contributed by atoms with Crippen LogP contribution in [0.25, 0.3) is 0 Å². The van der Waals surface area contributed by atoms with E-state index in [0.29, 0.717) is 25.7 Å². The van der Waals surface area contributed by atoms with Crippen LogP contribution in [-0.2, 0) is 14.6 Å². The van der Waals surface area contributed by atoms with Gasteiger partial charge in [-0.15, -0.1) is 0 Å². The standard InChI is InChI=1S/C20H30FN3O3S/c1-28(26,27)15-14-23-10-12-24(13-11-23)20(25)16-2-6-18(7-3-16)22-19-8-4-17(21)5-9-19/h4-5,8-9,16,18,22H,2-3,6-7,10-15H2,1H3/t16-,18-. The van der Waals surface area contributed by atoms with Crippen LogP contribution in [0, 0.1) is 11.7 Å². The Kier molecular flexibility index (Phi) is 6.93. The number of rotatable bonds is 6. The lowest BCUT2D eigenvalue weighted by atomic mass is 9.85. The van der Waals surface area contributed by atoms with Crippen molar-refractivity contribution in [2.24, 2.45) is 5.92 Å². The average Bonchev–Trinajstić information content (AvgIpc) is 2.68. The molecule has 0 aromatic heterocycles. The van der Waals surface area contributed by atoms with Crippen molar-refractivity contribution in [3.05, 3.63) is 30.1 Å². The first-order valence-corrected chi connectivity index (χ1v) is 12.1. The van der Waals surface area contributed by atoms with Gasteiger partial charge >= 0.3 is 0 Å². The third-order valence-corrected chi connectivity index (χ3v) is 6.68. The summed E-state index contributed by atoms with van der Waals surface area (Å²) < 4.78 is 35.6. The molecular weight excluding hydrogens is 381 g/mol. The monoisotopic (exact) mass is 411 g/mol. The van der Waals surface area contributed by atoms with Crippen LogP contribution in [0.4, 0.5) is 10.1 Å². The Morgan fingerprint density at radius 2 is 1.68 bits per heavy atom. The summed E-state index contributed by atoms with van der Waals surface area (Å²) >= 11 is 0. The van der Waals surface area contributed by atoms with Crippen LogP contribution in [0.3, 0.4) is 0 Å². The maximum absolute atomic E-state index is 13.0. The maximum Gasteiger partial charge on any atom is 0.225 e. The second kappa shape index (κ2) is 9.22. The highest BCUT2D eigenvalue weighted by Crippen LogP contribution is 2.28. The zero-order chi connectivity index (χ0) is 20.1. The molecule has 3 rings (SSSR count). The van der Waals surface area contributed by atoms with E-state index in [1.807, 2.05) is 4.90 Å². The number of anilines is 1. The van der Waals surface area contributed by atoms with E-state index in [9.17, 15) is 17.6 Å². The molecular formula is C20H30FN3O3S. The van der Waals surface area contributed by atoms with Gasteiger partial charge in [-0.2, -0.15) is 0 Å². The first kappa shape index (κ1) is 21.0. The highest BCUT2D eigenvalue weighted by atomic mass is 32.2. The second-order valence-corrected chi connectivity index (χ2v) is 10.3. The van der Waals surface area contributed by atoms with E-state index in [2.05, 4.69) is 10.2 Å². The van der Waals surface area contributed by atoms with Crippen LogP contribution in [0.15, 0.2) is 24.3 Å². The lowest BCUT2D eigenvalue weighted by Crippen LogP contribution is -2.51. The largest absolute Gasteiger partial charge is 0.382 e. The predicted molar refractivity (Wildman–Crippen MR) is 108 cm³/mol. The van der Waals surface area contributed by atoms with Crippen molar-refractivity contribution >= 4 is 21.4 Å². The van der Waals surface area contributed by atoms with E-state index in [0.717, 1.165) is 44.5 Å². The lowest BCUT2D eigenvalue weighted by molar-refractivity contribution is -0.138. The number of hydrogen-bond acceptors (Lipinski definition) is 5. The number of sulfone groups is 1. The Morgan fingerprint density at radius 1 is 1.07 bits per heavy atom. The van der Waals surface area contributed by atoms with Gasteiger partial charge in [0.2, 0.25) is 5.91 Å². The fourth-order valence-electron chi connectivity index (χ4n) is 4.01. The average molecular weight is 412 g/mol. The van der Waals surface area contributed by atoms with Crippen LogP contribution in [-0.4, -0.2) is 74.9 Å². The van der Waals surface area contributed by atoms with Gasteiger partial charge in [-0.05, 0) is 49.9 Å². The van der Waals surface area contributed by atoms with Gasteiger partial charge in [-0.25, -0.2) is 12.8 Å². The van der Waals surface area contributed by atoms with Crippen LogP contribution in [0.1, 0.15) is 25.7 Å². The molecule has 2 aliphatic rings. The third-order valence-electron chi connectivity index (χ3n) is 5.75. The Morgan fingerprint density at radius 3 is 2.25 bits per heavy atom. The molecule has 1 saturated heterocycles. The number of benzene rings is 1. The van der Waals surface area contributed by atoms with E-state index in [4.69, 9.17) is 0 Å². The molecule has 28 heavy (non-hydrogen) atoms. The molecule has 6 nitrogen and oxygen atoms in total. The van der Waals surface area contributed by atoms with E-state index in [1.54, 1.807) is 12.1 Å². The molecule has 0 spiro atoms. The van der Waals surface area contributed by atoms with Crippen molar-refractivity contribution in [3.8, 4) is 0 Å². The Balaban J connectivity index is 1.40. The van der Waals surface area contributed by atoms with Gasteiger partial charge in [-0.1, -0.05) is 0 Å². The van der Waals surface area contributed by atoms with Crippen molar-refractivity contribution < 1.29 is 17.6 Å². The summed E-state index contributed by atoms with van der Waals surface area (Å²) in [6, 6.07) is 6.72. The Bertz CT molecular complexity index is 753. The summed E-state index contributed by atoms with van der Waals surface area (Å²) in [5, 5.41) is 3.43. The summed E-state index contributed by atoms with van der Waals surface area (Å²) in [4.78, 5) is 16.9. The maximum atomic E-state index is 13.0. The molecule has 0 atom stereocenters. The summed E-state index contributed by atoms with van der Waals surface area (Å²) in [5.74, 6) is 0.250. The number of halogens is 1. The van der Waals surface area contributed by atoms with Gasteiger partial charge in [0, 0.05) is 56.6 Å². The number of nitrogens with one attached hydrogen (secondary N) is 1. The van der Waals surface area contributed by atoms with E-state index >= 15 is 0 Å². The summed E-state index contributed by atoms with van der Waals surface area (Å²) in [5.41, 5.74) is 0.918. The number of carbonyl (C=O) groups is 1. The van der Waals surface area contributed by atoms with Gasteiger partial charge in [0.05, 0.1) is 5.75 Å². The lowest BCUT2D eigenvalue weighted by Gasteiger charge is -2.38. The van der Waals surface area contributed by atoms with Crippen LogP contribution >= 0.6 is 0 Å². The number of hydrogen-bond donors (Lipinski definition) is 1. The Hall–Kier alpha value is -1.67. The van der Waals surface area contributed by atoms with Gasteiger partial charge in [0.1, 0.15) is 15.7 Å². The third kappa shape index (κ3) is 6.17. The minimum atomic E-state index is -2.95. The van der Waals surface area contributed by atoms with Crippen LogP contribution < -0.4 is 5.32 Å². The summed E-state index contributed by atoms with van der Waals surface area (Å²) in [6.07, 6.45) is 4.86. The minimum Gasteiger partial charge on any atom is -0.382 e. The van der Waals surface area contributed by atoms with Gasteiger partial charge in [0.15, 0.2) is 0 Å². The van der Waals surface area contributed by atoms with E-state index in [-0.39, 0.29) is 23.4 Å². The van der Waals surface area contributed by atoms with Crippen molar-refractivity contribution in [2.75, 3.05) is 50.0 Å².